The number of ether oxygens (including phenoxy) is 3. The fourth-order valence-corrected chi connectivity index (χ4v) is 0.651. The van der Waals surface area contributed by atoms with Crippen molar-refractivity contribution in [1.29, 1.82) is 0 Å². The van der Waals surface area contributed by atoms with E-state index in [2.05, 4.69) is 18.6 Å². The van der Waals surface area contributed by atoms with Crippen LogP contribution in [0.2, 0.25) is 0 Å². The maximum atomic E-state index is 10.6. The van der Waals surface area contributed by atoms with Crippen molar-refractivity contribution in [1.82, 2.24) is 0 Å². The topological polar surface area (TPSA) is 44.8 Å². The minimum Gasteiger partial charge on any atom is -0.467 e. The van der Waals surface area contributed by atoms with Crippen LogP contribution in [0, 0.1) is 5.92 Å². The molecule has 0 spiro atoms. The predicted octanol–water partition coefficient (Wildman–Crippen LogP) is 0.849. The third-order valence-electron chi connectivity index (χ3n) is 1.27. The van der Waals surface area contributed by atoms with E-state index in [9.17, 15) is 4.79 Å². The molecule has 0 aromatic carbocycles. The van der Waals surface area contributed by atoms with Gasteiger partial charge in [0.15, 0.2) is 0 Å². The fraction of sp³-hybridized carbons (Fsp3) is 0.889. The first-order valence-corrected chi connectivity index (χ1v) is 4.39. The number of methoxy groups -OCH3 is 1. The van der Waals surface area contributed by atoms with Gasteiger partial charge in [0.1, 0.15) is 6.61 Å². The van der Waals surface area contributed by atoms with E-state index in [1.165, 1.54) is 7.11 Å². The Hall–Kier alpha value is -0.610. The Bertz CT molecular complexity index is 134. The SMILES string of the molecule is COC(=O)COCCOCC(C)C. The minimum atomic E-state index is -0.358. The number of hydrogen-bond donors (Lipinski definition) is 0. The average Bonchev–Trinajstić information content (AvgIpc) is 2.10. The van der Waals surface area contributed by atoms with Crippen LogP contribution in [-0.2, 0) is 19.0 Å². The highest BCUT2D eigenvalue weighted by atomic mass is 16.6. The van der Waals surface area contributed by atoms with Crippen LogP contribution in [0.5, 0.6) is 0 Å². The van der Waals surface area contributed by atoms with E-state index in [1.807, 2.05) is 0 Å². The number of hydrogen-bond acceptors (Lipinski definition) is 4. The maximum Gasteiger partial charge on any atom is 0.331 e. The van der Waals surface area contributed by atoms with Crippen molar-refractivity contribution in [2.75, 3.05) is 33.5 Å². The molecule has 0 rings (SSSR count). The Morgan fingerprint density at radius 3 is 2.38 bits per heavy atom. The van der Waals surface area contributed by atoms with Crippen molar-refractivity contribution in [3.63, 3.8) is 0 Å². The lowest BCUT2D eigenvalue weighted by atomic mass is 10.2. The molecule has 0 bridgehead atoms. The molecule has 0 heterocycles. The zero-order valence-corrected chi connectivity index (χ0v) is 8.54. The Balaban J connectivity index is 3.04. The number of carbonyl (C=O) groups excluding carboxylic acids is 1. The highest BCUT2D eigenvalue weighted by Gasteiger charge is 1.99. The largest absolute Gasteiger partial charge is 0.467 e. The van der Waals surface area contributed by atoms with Crippen LogP contribution in [0.3, 0.4) is 0 Å². The summed E-state index contributed by atoms with van der Waals surface area (Å²) in [5.41, 5.74) is 0. The normalized spacial score (nSPS) is 10.5. The summed E-state index contributed by atoms with van der Waals surface area (Å²) in [4.78, 5) is 10.6. The molecule has 0 saturated carbocycles. The summed E-state index contributed by atoms with van der Waals surface area (Å²) in [6, 6.07) is 0. The Morgan fingerprint density at radius 2 is 1.85 bits per heavy atom. The Kier molecular flexibility index (Phi) is 7.63. The van der Waals surface area contributed by atoms with Crippen molar-refractivity contribution in [3.8, 4) is 0 Å². The molecule has 0 fully saturated rings. The highest BCUT2D eigenvalue weighted by Crippen LogP contribution is 1.91. The zero-order valence-electron chi connectivity index (χ0n) is 8.54. The van der Waals surface area contributed by atoms with Gasteiger partial charge >= 0.3 is 5.97 Å². The highest BCUT2D eigenvalue weighted by molar-refractivity contribution is 5.70. The third-order valence-corrected chi connectivity index (χ3v) is 1.27. The number of rotatable bonds is 7. The molecule has 0 N–H and O–H groups in total. The summed E-state index contributed by atoms with van der Waals surface area (Å²) in [7, 11) is 1.33. The molecular formula is C9H18O4. The zero-order chi connectivity index (χ0) is 10.1. The van der Waals surface area contributed by atoms with Crippen LogP contribution in [0.25, 0.3) is 0 Å². The van der Waals surface area contributed by atoms with Gasteiger partial charge in [0.2, 0.25) is 0 Å². The summed E-state index contributed by atoms with van der Waals surface area (Å²) in [6.45, 7) is 5.84. The van der Waals surface area contributed by atoms with Gasteiger partial charge in [-0.15, -0.1) is 0 Å². The van der Waals surface area contributed by atoms with Gasteiger partial charge < -0.3 is 14.2 Å². The lowest BCUT2D eigenvalue weighted by Gasteiger charge is -2.06. The second-order valence-corrected chi connectivity index (χ2v) is 3.10. The van der Waals surface area contributed by atoms with E-state index in [-0.39, 0.29) is 12.6 Å². The molecule has 0 atom stereocenters. The van der Waals surface area contributed by atoms with Gasteiger partial charge in [0.25, 0.3) is 0 Å². The van der Waals surface area contributed by atoms with E-state index in [0.717, 1.165) is 6.61 Å². The summed E-state index contributed by atoms with van der Waals surface area (Å²) in [6.07, 6.45) is 0. The molecule has 0 unspecified atom stereocenters. The van der Waals surface area contributed by atoms with Crippen molar-refractivity contribution in [2.45, 2.75) is 13.8 Å². The van der Waals surface area contributed by atoms with Gasteiger partial charge in [-0.05, 0) is 5.92 Å². The van der Waals surface area contributed by atoms with Gasteiger partial charge in [-0.3, -0.25) is 0 Å². The smallest absolute Gasteiger partial charge is 0.331 e. The molecule has 4 nitrogen and oxygen atoms in total. The molecule has 0 aliphatic rings. The maximum absolute atomic E-state index is 10.6. The lowest BCUT2D eigenvalue weighted by molar-refractivity contribution is -0.146. The Morgan fingerprint density at radius 1 is 1.23 bits per heavy atom. The quantitative estimate of drug-likeness (QED) is 0.441. The summed E-state index contributed by atoms with van der Waals surface area (Å²) >= 11 is 0. The molecule has 78 valence electrons. The van der Waals surface area contributed by atoms with Crippen molar-refractivity contribution < 1.29 is 19.0 Å². The first-order valence-electron chi connectivity index (χ1n) is 4.39. The molecule has 4 heteroatoms. The number of esters is 1. The molecule has 0 amide bonds. The van der Waals surface area contributed by atoms with Gasteiger partial charge in [-0.1, -0.05) is 13.8 Å². The third kappa shape index (κ3) is 9.30. The fourth-order valence-electron chi connectivity index (χ4n) is 0.651. The van der Waals surface area contributed by atoms with Crippen molar-refractivity contribution >= 4 is 5.97 Å². The molecule has 0 aromatic rings. The van der Waals surface area contributed by atoms with Crippen LogP contribution >= 0.6 is 0 Å². The second kappa shape index (κ2) is 8.01. The lowest BCUT2D eigenvalue weighted by Crippen LogP contribution is -2.14. The predicted molar refractivity (Wildman–Crippen MR) is 48.5 cm³/mol. The van der Waals surface area contributed by atoms with E-state index < -0.39 is 0 Å². The molecule has 0 aliphatic carbocycles. The average molecular weight is 190 g/mol. The Labute approximate surface area is 79.2 Å². The second-order valence-electron chi connectivity index (χ2n) is 3.10. The van der Waals surface area contributed by atoms with Gasteiger partial charge in [-0.2, -0.15) is 0 Å². The van der Waals surface area contributed by atoms with Crippen LogP contribution in [0.4, 0.5) is 0 Å². The molecule has 0 radical (unpaired) electrons. The van der Waals surface area contributed by atoms with Gasteiger partial charge in [-0.25, -0.2) is 4.79 Å². The van der Waals surface area contributed by atoms with E-state index in [4.69, 9.17) is 9.47 Å². The van der Waals surface area contributed by atoms with Crippen molar-refractivity contribution in [3.05, 3.63) is 0 Å². The van der Waals surface area contributed by atoms with E-state index in [0.29, 0.717) is 19.1 Å². The number of carbonyl (C=O) groups is 1. The summed E-state index contributed by atoms with van der Waals surface area (Å²) in [5, 5.41) is 0. The van der Waals surface area contributed by atoms with E-state index >= 15 is 0 Å². The summed E-state index contributed by atoms with van der Waals surface area (Å²) in [5.74, 6) is 0.171. The monoisotopic (exact) mass is 190 g/mol. The molecule has 0 aliphatic heterocycles. The van der Waals surface area contributed by atoms with E-state index in [1.54, 1.807) is 0 Å². The van der Waals surface area contributed by atoms with Crippen LogP contribution < -0.4 is 0 Å². The standard InChI is InChI=1S/C9H18O4/c1-8(2)6-12-4-5-13-7-9(10)11-3/h8H,4-7H2,1-3H3. The van der Waals surface area contributed by atoms with Gasteiger partial charge in [0.05, 0.1) is 20.3 Å². The minimum absolute atomic E-state index is 0.00153. The molecule has 0 aromatic heterocycles. The van der Waals surface area contributed by atoms with Crippen molar-refractivity contribution in [2.24, 2.45) is 5.92 Å². The van der Waals surface area contributed by atoms with Crippen LogP contribution in [0.15, 0.2) is 0 Å². The molecule has 13 heavy (non-hydrogen) atoms. The first kappa shape index (κ1) is 12.4. The summed E-state index contributed by atoms with van der Waals surface area (Å²) < 4.78 is 14.6. The molecular weight excluding hydrogens is 172 g/mol. The van der Waals surface area contributed by atoms with Gasteiger partial charge in [0, 0.05) is 6.61 Å². The van der Waals surface area contributed by atoms with Crippen LogP contribution in [-0.4, -0.2) is 39.5 Å². The first-order chi connectivity index (χ1) is 6.16. The molecule has 0 saturated heterocycles. The van der Waals surface area contributed by atoms with Crippen LogP contribution in [0.1, 0.15) is 13.8 Å².